The Morgan fingerprint density at radius 3 is 2.09 bits per heavy atom. The van der Waals surface area contributed by atoms with Gasteiger partial charge in [-0.15, -0.1) is 0 Å². The van der Waals surface area contributed by atoms with Crippen LogP contribution in [0.2, 0.25) is 0 Å². The van der Waals surface area contributed by atoms with Crippen LogP contribution in [0.5, 0.6) is 0 Å². The van der Waals surface area contributed by atoms with Crippen LogP contribution in [-0.2, 0) is 0 Å². The fourth-order valence-corrected chi connectivity index (χ4v) is 1.03. The topological polar surface area (TPSA) is 26.0 Å². The van der Waals surface area contributed by atoms with E-state index in [1.54, 1.807) is 0 Å². The van der Waals surface area contributed by atoms with Crippen molar-refractivity contribution >= 4 is 0 Å². The maximum Gasteiger partial charge on any atom is 0.0250 e. The van der Waals surface area contributed by atoms with Crippen LogP contribution in [0, 0.1) is 11.8 Å². The largest absolute Gasteiger partial charge is 0.324 e. The van der Waals surface area contributed by atoms with Gasteiger partial charge in [-0.05, 0) is 18.3 Å². The Kier molecular flexibility index (Phi) is 4.43. The zero-order valence-corrected chi connectivity index (χ0v) is 8.22. The summed E-state index contributed by atoms with van der Waals surface area (Å²) in [6, 6.07) is 0.187. The van der Waals surface area contributed by atoms with E-state index in [1.807, 2.05) is 0 Å². The Morgan fingerprint density at radius 1 is 1.36 bits per heavy atom. The molecule has 0 aliphatic carbocycles. The molecule has 0 spiro atoms. The van der Waals surface area contributed by atoms with Gasteiger partial charge in [0.05, 0.1) is 0 Å². The monoisotopic (exact) mass is 155 g/mol. The molecular formula is C10H21N. The molecule has 1 heteroatoms. The Morgan fingerprint density at radius 2 is 1.82 bits per heavy atom. The summed E-state index contributed by atoms with van der Waals surface area (Å²) in [5, 5.41) is 0. The third-order valence-corrected chi connectivity index (χ3v) is 2.50. The van der Waals surface area contributed by atoms with E-state index in [1.165, 1.54) is 5.57 Å². The van der Waals surface area contributed by atoms with Crippen LogP contribution in [0.15, 0.2) is 12.2 Å². The number of hydrogen-bond donors (Lipinski definition) is 1. The first-order valence-electron chi connectivity index (χ1n) is 4.44. The zero-order valence-electron chi connectivity index (χ0n) is 8.22. The SMILES string of the molecule is C=C(C(N)CC)C(C)C(C)C. The fraction of sp³-hybridized carbons (Fsp3) is 0.800. The third kappa shape index (κ3) is 3.06. The van der Waals surface area contributed by atoms with Crippen molar-refractivity contribution in [1.82, 2.24) is 0 Å². The Bertz CT molecular complexity index is 127. The summed E-state index contributed by atoms with van der Waals surface area (Å²) in [6.07, 6.45) is 0.996. The second-order valence-electron chi connectivity index (χ2n) is 3.62. The van der Waals surface area contributed by atoms with Gasteiger partial charge in [-0.25, -0.2) is 0 Å². The van der Waals surface area contributed by atoms with Gasteiger partial charge in [-0.1, -0.05) is 39.8 Å². The van der Waals surface area contributed by atoms with Gasteiger partial charge in [0.15, 0.2) is 0 Å². The summed E-state index contributed by atoms with van der Waals surface area (Å²) in [4.78, 5) is 0. The fourth-order valence-electron chi connectivity index (χ4n) is 1.03. The molecule has 0 heterocycles. The van der Waals surface area contributed by atoms with Gasteiger partial charge < -0.3 is 5.73 Å². The second kappa shape index (κ2) is 4.55. The molecule has 0 rings (SSSR count). The van der Waals surface area contributed by atoms with Gasteiger partial charge in [0.2, 0.25) is 0 Å². The van der Waals surface area contributed by atoms with Crippen molar-refractivity contribution in [1.29, 1.82) is 0 Å². The summed E-state index contributed by atoms with van der Waals surface area (Å²) in [5.74, 6) is 1.20. The van der Waals surface area contributed by atoms with Crippen molar-refractivity contribution in [3.05, 3.63) is 12.2 Å². The lowest BCUT2D eigenvalue weighted by Gasteiger charge is -2.22. The molecule has 0 aromatic carbocycles. The molecule has 2 N–H and O–H groups in total. The van der Waals surface area contributed by atoms with Crippen LogP contribution < -0.4 is 5.73 Å². The number of rotatable bonds is 4. The highest BCUT2D eigenvalue weighted by Crippen LogP contribution is 2.21. The minimum absolute atomic E-state index is 0.187. The summed E-state index contributed by atoms with van der Waals surface area (Å²) in [7, 11) is 0. The number of hydrogen-bond acceptors (Lipinski definition) is 1. The Hall–Kier alpha value is -0.300. The Balaban J connectivity index is 4.02. The van der Waals surface area contributed by atoms with Gasteiger partial charge in [0, 0.05) is 6.04 Å². The van der Waals surface area contributed by atoms with Crippen LogP contribution in [0.25, 0.3) is 0 Å². The van der Waals surface area contributed by atoms with Crippen LogP contribution in [0.4, 0.5) is 0 Å². The van der Waals surface area contributed by atoms with E-state index in [0.29, 0.717) is 11.8 Å². The predicted octanol–water partition coefficient (Wildman–Crippen LogP) is 2.57. The van der Waals surface area contributed by atoms with E-state index in [4.69, 9.17) is 5.73 Å². The highest BCUT2D eigenvalue weighted by Gasteiger charge is 2.15. The van der Waals surface area contributed by atoms with Crippen LogP contribution in [-0.4, -0.2) is 6.04 Å². The van der Waals surface area contributed by atoms with Crippen LogP contribution >= 0.6 is 0 Å². The second-order valence-corrected chi connectivity index (χ2v) is 3.62. The first kappa shape index (κ1) is 10.7. The standard InChI is InChI=1S/C10H21N/c1-6-10(11)9(5)8(4)7(2)3/h7-8,10H,5-6,11H2,1-4H3. The van der Waals surface area contributed by atoms with Crippen molar-refractivity contribution < 1.29 is 0 Å². The lowest BCUT2D eigenvalue weighted by molar-refractivity contribution is 0.451. The van der Waals surface area contributed by atoms with Crippen molar-refractivity contribution in [2.75, 3.05) is 0 Å². The molecule has 0 radical (unpaired) electrons. The van der Waals surface area contributed by atoms with Crippen LogP contribution in [0.3, 0.4) is 0 Å². The van der Waals surface area contributed by atoms with Crippen LogP contribution in [0.1, 0.15) is 34.1 Å². The molecule has 66 valence electrons. The predicted molar refractivity (Wildman–Crippen MR) is 51.4 cm³/mol. The maximum atomic E-state index is 5.86. The highest BCUT2D eigenvalue weighted by molar-refractivity contribution is 5.08. The molecule has 2 atom stereocenters. The molecule has 0 saturated carbocycles. The maximum absolute atomic E-state index is 5.86. The van der Waals surface area contributed by atoms with Crippen molar-refractivity contribution in [3.8, 4) is 0 Å². The van der Waals surface area contributed by atoms with Crippen molar-refractivity contribution in [3.63, 3.8) is 0 Å². The summed E-state index contributed by atoms with van der Waals surface area (Å²) >= 11 is 0. The van der Waals surface area contributed by atoms with Gasteiger partial charge in [-0.3, -0.25) is 0 Å². The zero-order chi connectivity index (χ0) is 9.02. The minimum atomic E-state index is 0.187. The molecule has 1 nitrogen and oxygen atoms in total. The van der Waals surface area contributed by atoms with Gasteiger partial charge >= 0.3 is 0 Å². The Labute approximate surface area is 70.7 Å². The summed E-state index contributed by atoms with van der Waals surface area (Å²) in [6.45, 7) is 12.7. The normalized spacial score (nSPS) is 16.5. The van der Waals surface area contributed by atoms with Crippen molar-refractivity contribution in [2.24, 2.45) is 17.6 Å². The third-order valence-electron chi connectivity index (χ3n) is 2.50. The lowest BCUT2D eigenvalue weighted by Crippen LogP contribution is -2.26. The smallest absolute Gasteiger partial charge is 0.0250 e. The first-order chi connectivity index (χ1) is 5.00. The molecular weight excluding hydrogens is 134 g/mol. The van der Waals surface area contributed by atoms with E-state index in [0.717, 1.165) is 6.42 Å². The van der Waals surface area contributed by atoms with E-state index in [-0.39, 0.29) is 6.04 Å². The minimum Gasteiger partial charge on any atom is -0.324 e. The molecule has 0 aliphatic heterocycles. The first-order valence-corrected chi connectivity index (χ1v) is 4.44. The highest BCUT2D eigenvalue weighted by atomic mass is 14.6. The average molecular weight is 155 g/mol. The average Bonchev–Trinajstić information content (AvgIpc) is 2.00. The molecule has 0 bridgehead atoms. The molecule has 0 fully saturated rings. The summed E-state index contributed by atoms with van der Waals surface area (Å²) in [5.41, 5.74) is 7.05. The van der Waals surface area contributed by atoms with Gasteiger partial charge in [0.25, 0.3) is 0 Å². The van der Waals surface area contributed by atoms with E-state index < -0.39 is 0 Å². The molecule has 0 aliphatic rings. The number of nitrogens with two attached hydrogens (primary N) is 1. The lowest BCUT2D eigenvalue weighted by atomic mass is 9.86. The van der Waals surface area contributed by atoms with Crippen molar-refractivity contribution in [2.45, 2.75) is 40.2 Å². The molecule has 0 saturated heterocycles. The molecule has 0 aromatic rings. The van der Waals surface area contributed by atoms with E-state index >= 15 is 0 Å². The molecule has 11 heavy (non-hydrogen) atoms. The van der Waals surface area contributed by atoms with Gasteiger partial charge in [0.1, 0.15) is 0 Å². The molecule has 0 amide bonds. The molecule has 0 aromatic heterocycles. The summed E-state index contributed by atoms with van der Waals surface area (Å²) < 4.78 is 0. The van der Waals surface area contributed by atoms with E-state index in [2.05, 4.69) is 34.3 Å². The molecule has 2 unspecified atom stereocenters. The van der Waals surface area contributed by atoms with Gasteiger partial charge in [-0.2, -0.15) is 0 Å². The van der Waals surface area contributed by atoms with E-state index in [9.17, 15) is 0 Å². The quantitative estimate of drug-likeness (QED) is 0.620.